The Balaban J connectivity index is 2.40. The lowest BCUT2D eigenvalue weighted by molar-refractivity contribution is -0.157. The first kappa shape index (κ1) is 12.1. The van der Waals surface area contributed by atoms with Crippen molar-refractivity contribution in [2.24, 2.45) is 5.41 Å². The topological polar surface area (TPSA) is 49.3 Å². The van der Waals surface area contributed by atoms with Crippen LogP contribution in [0, 0.1) is 12.3 Å². The zero-order chi connectivity index (χ0) is 12.5. The van der Waals surface area contributed by atoms with E-state index in [1.807, 2.05) is 38.2 Å². The summed E-state index contributed by atoms with van der Waals surface area (Å²) in [6, 6.07) is 7.93. The molecule has 1 aliphatic rings. The van der Waals surface area contributed by atoms with E-state index in [0.29, 0.717) is 0 Å². The Morgan fingerprint density at radius 2 is 2.06 bits per heavy atom. The predicted molar refractivity (Wildman–Crippen MR) is 66.9 cm³/mol. The number of carboxylic acids is 1. The predicted octanol–water partition coefficient (Wildman–Crippen LogP) is 2.51. The minimum atomic E-state index is -0.675. The van der Waals surface area contributed by atoms with Gasteiger partial charge in [0, 0.05) is 6.04 Å². The average Bonchev–Trinajstić information content (AvgIpc) is 2.24. The maximum atomic E-state index is 11.5. The molecule has 1 saturated carbocycles. The lowest BCUT2D eigenvalue weighted by Gasteiger charge is -2.44. The Labute approximate surface area is 102 Å². The second-order valence-corrected chi connectivity index (χ2v) is 4.89. The highest BCUT2D eigenvalue weighted by Crippen LogP contribution is 2.50. The van der Waals surface area contributed by atoms with E-state index in [-0.39, 0.29) is 6.04 Å². The van der Waals surface area contributed by atoms with Gasteiger partial charge in [-0.25, -0.2) is 0 Å². The second-order valence-electron chi connectivity index (χ2n) is 4.89. The van der Waals surface area contributed by atoms with E-state index < -0.39 is 11.4 Å². The van der Waals surface area contributed by atoms with Crippen LogP contribution in [0.5, 0.6) is 0 Å². The van der Waals surface area contributed by atoms with Gasteiger partial charge >= 0.3 is 5.97 Å². The summed E-state index contributed by atoms with van der Waals surface area (Å²) in [5.41, 5.74) is 1.65. The minimum Gasteiger partial charge on any atom is -0.481 e. The van der Waals surface area contributed by atoms with E-state index in [9.17, 15) is 9.90 Å². The molecule has 0 heterocycles. The van der Waals surface area contributed by atoms with Crippen molar-refractivity contribution < 1.29 is 9.90 Å². The fraction of sp³-hybridized carbons (Fsp3) is 0.500. The van der Waals surface area contributed by atoms with E-state index in [1.165, 1.54) is 0 Å². The molecule has 0 radical (unpaired) electrons. The number of nitrogens with one attached hydrogen (secondary N) is 1. The zero-order valence-electron chi connectivity index (χ0n) is 10.4. The summed E-state index contributed by atoms with van der Waals surface area (Å²) in [5, 5.41) is 12.7. The molecular weight excluding hydrogens is 214 g/mol. The third-order valence-corrected chi connectivity index (χ3v) is 4.01. The summed E-state index contributed by atoms with van der Waals surface area (Å²) in [6.45, 7) is 2.04. The molecule has 0 aromatic heterocycles. The highest BCUT2D eigenvalue weighted by molar-refractivity contribution is 5.77. The van der Waals surface area contributed by atoms with Crippen LogP contribution in [0.1, 0.15) is 36.4 Å². The first-order valence-electron chi connectivity index (χ1n) is 6.08. The van der Waals surface area contributed by atoms with Crippen LogP contribution in [0.25, 0.3) is 0 Å². The van der Waals surface area contributed by atoms with Gasteiger partial charge in [-0.05, 0) is 37.9 Å². The Morgan fingerprint density at radius 1 is 1.41 bits per heavy atom. The van der Waals surface area contributed by atoms with Gasteiger partial charge in [-0.3, -0.25) is 4.79 Å². The monoisotopic (exact) mass is 233 g/mol. The minimum absolute atomic E-state index is 0.0880. The Morgan fingerprint density at radius 3 is 2.47 bits per heavy atom. The number of hydrogen-bond acceptors (Lipinski definition) is 2. The standard InChI is InChI=1S/C14H19NO2/c1-10-6-3-4-7-11(10)12(15-2)14(13(16)17)8-5-9-14/h3-4,6-7,12,15H,5,8-9H2,1-2H3,(H,16,17). The Bertz CT molecular complexity index is 424. The highest BCUT2D eigenvalue weighted by atomic mass is 16.4. The summed E-state index contributed by atoms with van der Waals surface area (Å²) in [7, 11) is 1.85. The summed E-state index contributed by atoms with van der Waals surface area (Å²) in [5.74, 6) is -0.675. The number of rotatable bonds is 4. The lowest BCUT2D eigenvalue weighted by atomic mass is 9.62. The number of aliphatic carboxylic acids is 1. The number of carboxylic acid groups (broad SMARTS) is 1. The van der Waals surface area contributed by atoms with Crippen molar-refractivity contribution in [1.82, 2.24) is 5.32 Å². The third kappa shape index (κ3) is 1.84. The summed E-state index contributed by atoms with van der Waals surface area (Å²) in [4.78, 5) is 11.5. The summed E-state index contributed by atoms with van der Waals surface area (Å²) >= 11 is 0. The normalized spacial score (nSPS) is 19.4. The van der Waals surface area contributed by atoms with Gasteiger partial charge < -0.3 is 10.4 Å². The van der Waals surface area contributed by atoms with Crippen LogP contribution in [-0.4, -0.2) is 18.1 Å². The molecule has 1 aromatic carbocycles. The molecule has 2 N–H and O–H groups in total. The maximum Gasteiger partial charge on any atom is 0.311 e. The SMILES string of the molecule is CNC(c1ccccc1C)C1(C(=O)O)CCC1. The molecule has 0 bridgehead atoms. The van der Waals surface area contributed by atoms with E-state index in [0.717, 1.165) is 30.4 Å². The van der Waals surface area contributed by atoms with Crippen molar-refractivity contribution in [2.75, 3.05) is 7.05 Å². The van der Waals surface area contributed by atoms with Crippen molar-refractivity contribution in [2.45, 2.75) is 32.2 Å². The van der Waals surface area contributed by atoms with Crippen LogP contribution in [0.15, 0.2) is 24.3 Å². The smallest absolute Gasteiger partial charge is 0.311 e. The van der Waals surface area contributed by atoms with E-state index in [2.05, 4.69) is 5.32 Å². The number of hydrogen-bond donors (Lipinski definition) is 2. The van der Waals surface area contributed by atoms with Crippen LogP contribution in [0.3, 0.4) is 0 Å². The van der Waals surface area contributed by atoms with Crippen LogP contribution >= 0.6 is 0 Å². The van der Waals surface area contributed by atoms with Gasteiger partial charge in [0.2, 0.25) is 0 Å². The van der Waals surface area contributed by atoms with Gasteiger partial charge in [0.05, 0.1) is 5.41 Å². The van der Waals surface area contributed by atoms with Crippen molar-refractivity contribution in [3.63, 3.8) is 0 Å². The average molecular weight is 233 g/mol. The molecule has 1 aliphatic carbocycles. The third-order valence-electron chi connectivity index (χ3n) is 4.01. The lowest BCUT2D eigenvalue weighted by Crippen LogP contribution is -2.48. The first-order valence-corrected chi connectivity index (χ1v) is 6.08. The molecule has 3 nitrogen and oxygen atoms in total. The molecule has 17 heavy (non-hydrogen) atoms. The molecule has 3 heteroatoms. The zero-order valence-corrected chi connectivity index (χ0v) is 10.4. The van der Waals surface area contributed by atoms with Gasteiger partial charge in [0.25, 0.3) is 0 Å². The molecule has 1 unspecified atom stereocenters. The van der Waals surface area contributed by atoms with Crippen LogP contribution in [-0.2, 0) is 4.79 Å². The van der Waals surface area contributed by atoms with Crippen molar-refractivity contribution in [3.8, 4) is 0 Å². The summed E-state index contributed by atoms with van der Waals surface area (Å²) in [6.07, 6.45) is 2.54. The highest BCUT2D eigenvalue weighted by Gasteiger charge is 2.50. The molecule has 0 saturated heterocycles. The second kappa shape index (κ2) is 4.49. The molecule has 92 valence electrons. The van der Waals surface area contributed by atoms with Gasteiger partial charge in [0.15, 0.2) is 0 Å². The molecule has 0 aliphatic heterocycles. The molecule has 0 amide bonds. The van der Waals surface area contributed by atoms with Gasteiger partial charge in [-0.2, -0.15) is 0 Å². The Hall–Kier alpha value is -1.35. The Kier molecular flexibility index (Phi) is 3.20. The molecular formula is C14H19NO2. The number of aryl methyl sites for hydroxylation is 1. The quantitative estimate of drug-likeness (QED) is 0.840. The van der Waals surface area contributed by atoms with E-state index in [4.69, 9.17) is 0 Å². The summed E-state index contributed by atoms with van der Waals surface area (Å²) < 4.78 is 0. The van der Waals surface area contributed by atoms with Crippen molar-refractivity contribution in [1.29, 1.82) is 0 Å². The molecule has 1 aromatic rings. The molecule has 1 fully saturated rings. The van der Waals surface area contributed by atoms with Crippen LogP contribution in [0.2, 0.25) is 0 Å². The van der Waals surface area contributed by atoms with Gasteiger partial charge in [-0.1, -0.05) is 30.7 Å². The van der Waals surface area contributed by atoms with E-state index >= 15 is 0 Å². The fourth-order valence-electron chi connectivity index (χ4n) is 2.82. The van der Waals surface area contributed by atoms with Crippen molar-refractivity contribution >= 4 is 5.97 Å². The number of carbonyl (C=O) groups is 1. The van der Waals surface area contributed by atoms with Crippen LogP contribution < -0.4 is 5.32 Å². The molecule has 1 atom stereocenters. The molecule has 2 rings (SSSR count). The van der Waals surface area contributed by atoms with Gasteiger partial charge in [0.1, 0.15) is 0 Å². The molecule has 0 spiro atoms. The van der Waals surface area contributed by atoms with Crippen LogP contribution in [0.4, 0.5) is 0 Å². The van der Waals surface area contributed by atoms with Crippen molar-refractivity contribution in [3.05, 3.63) is 35.4 Å². The first-order chi connectivity index (χ1) is 8.12. The number of benzene rings is 1. The van der Waals surface area contributed by atoms with E-state index in [1.54, 1.807) is 0 Å². The van der Waals surface area contributed by atoms with Gasteiger partial charge in [-0.15, -0.1) is 0 Å². The maximum absolute atomic E-state index is 11.5. The fourth-order valence-corrected chi connectivity index (χ4v) is 2.82. The largest absolute Gasteiger partial charge is 0.481 e.